The van der Waals surface area contributed by atoms with Crippen molar-refractivity contribution in [2.45, 2.75) is 80.1 Å². The molecule has 0 N–H and O–H groups in total. The molecule has 0 aromatic heterocycles. The zero-order valence-corrected chi connectivity index (χ0v) is 16.0. The van der Waals surface area contributed by atoms with Crippen molar-refractivity contribution in [2.24, 2.45) is 0 Å². The predicted molar refractivity (Wildman–Crippen MR) is 80.4 cm³/mol. The van der Waals surface area contributed by atoms with Gasteiger partial charge in [-0.25, -0.2) is 0 Å². The number of hydrogen-bond acceptors (Lipinski definition) is 1. The summed E-state index contributed by atoms with van der Waals surface area (Å²) in [6, 6.07) is 0. The zero-order chi connectivity index (χ0) is 12.9. The normalized spacial score (nSPS) is 6.75. The molecular formula is C14H36OSn. The molecule has 0 saturated heterocycles. The molecule has 0 aromatic rings. The molecule has 0 rings (SSSR count). The molecule has 0 aliphatic rings. The first-order valence-electron chi connectivity index (χ1n) is 6.56. The van der Waals surface area contributed by atoms with Gasteiger partial charge in [-0.1, -0.05) is 80.1 Å². The van der Waals surface area contributed by atoms with Crippen molar-refractivity contribution in [3.63, 3.8) is 0 Å². The fraction of sp³-hybridized carbons (Fsp3) is 1.00. The van der Waals surface area contributed by atoms with Crippen LogP contribution >= 0.6 is 0 Å². The van der Waals surface area contributed by atoms with Crippen LogP contribution in [0, 0.1) is 0 Å². The third-order valence-corrected chi connectivity index (χ3v) is 1.50. The van der Waals surface area contributed by atoms with Crippen molar-refractivity contribution >= 4 is 23.9 Å². The number of ether oxygens (including phenoxy) is 1. The minimum Gasteiger partial charge on any atom is -0.388 e. The van der Waals surface area contributed by atoms with Crippen molar-refractivity contribution in [3.05, 3.63) is 0 Å². The smallest absolute Gasteiger partial charge is 0.0351 e. The second-order valence-corrected chi connectivity index (χ2v) is 3.41. The molecule has 0 heterocycles. The van der Waals surface area contributed by atoms with E-state index in [-0.39, 0.29) is 23.9 Å². The second-order valence-electron chi connectivity index (χ2n) is 3.41. The largest absolute Gasteiger partial charge is 0.388 e. The van der Waals surface area contributed by atoms with E-state index in [1.807, 2.05) is 0 Å². The van der Waals surface area contributed by atoms with Gasteiger partial charge in [-0.3, -0.25) is 0 Å². The molecule has 0 bridgehead atoms. The monoisotopic (exact) mass is 340 g/mol. The first-order chi connectivity index (χ1) is 7.16. The van der Waals surface area contributed by atoms with Crippen LogP contribution in [0.15, 0.2) is 0 Å². The summed E-state index contributed by atoms with van der Waals surface area (Å²) in [5, 5.41) is 0. The molecule has 0 atom stereocenters. The first-order valence-corrected chi connectivity index (χ1v) is 6.56. The molecular weight excluding hydrogens is 303 g/mol. The fourth-order valence-electron chi connectivity index (χ4n) is 0. The second kappa shape index (κ2) is 57.0. The van der Waals surface area contributed by atoms with Crippen LogP contribution < -0.4 is 0 Å². The van der Waals surface area contributed by atoms with Gasteiger partial charge in [0.15, 0.2) is 0 Å². The maximum absolute atomic E-state index is 4.25. The maximum atomic E-state index is 4.25. The van der Waals surface area contributed by atoms with Crippen LogP contribution in [-0.2, 0) is 4.74 Å². The van der Waals surface area contributed by atoms with E-state index >= 15 is 0 Å². The Balaban J connectivity index is -0.0000000331. The van der Waals surface area contributed by atoms with Gasteiger partial charge in [-0.2, -0.15) is 0 Å². The third-order valence-electron chi connectivity index (χ3n) is 1.50. The fourth-order valence-corrected chi connectivity index (χ4v) is 0. The molecule has 2 heteroatoms. The van der Waals surface area contributed by atoms with Crippen LogP contribution in [0.2, 0.25) is 0 Å². The molecule has 16 heavy (non-hydrogen) atoms. The summed E-state index contributed by atoms with van der Waals surface area (Å²) in [6.07, 6.45) is 7.92. The van der Waals surface area contributed by atoms with Crippen molar-refractivity contribution in [2.75, 3.05) is 14.2 Å². The molecule has 1 nitrogen and oxygen atoms in total. The van der Waals surface area contributed by atoms with Gasteiger partial charge in [0.05, 0.1) is 0 Å². The van der Waals surface area contributed by atoms with Crippen LogP contribution in [-0.4, -0.2) is 38.1 Å². The zero-order valence-electron chi connectivity index (χ0n) is 13.2. The van der Waals surface area contributed by atoms with Crippen LogP contribution in [0.5, 0.6) is 0 Å². The van der Waals surface area contributed by atoms with Gasteiger partial charge in [-0.05, 0) is 0 Å². The van der Waals surface area contributed by atoms with Crippen molar-refractivity contribution in [3.8, 4) is 0 Å². The Kier molecular flexibility index (Phi) is 107. The summed E-state index contributed by atoms with van der Waals surface area (Å²) < 4.78 is 4.25. The van der Waals surface area contributed by atoms with E-state index in [0.29, 0.717) is 0 Å². The average molecular weight is 339 g/mol. The van der Waals surface area contributed by atoms with Gasteiger partial charge in [0.2, 0.25) is 0 Å². The molecule has 102 valence electrons. The Labute approximate surface area is 123 Å². The van der Waals surface area contributed by atoms with E-state index in [2.05, 4.69) is 46.3 Å². The molecule has 0 unspecified atom stereocenters. The summed E-state index contributed by atoms with van der Waals surface area (Å²) in [4.78, 5) is 0. The Morgan fingerprint density at radius 2 is 0.562 bits per heavy atom. The van der Waals surface area contributed by atoms with Gasteiger partial charge in [0, 0.05) is 38.1 Å². The summed E-state index contributed by atoms with van der Waals surface area (Å²) in [5.41, 5.74) is 0. The molecule has 0 fully saturated rings. The number of rotatable bonds is 3. The predicted octanol–water partition coefficient (Wildman–Crippen LogP) is 5.30. The third kappa shape index (κ3) is 198. The van der Waals surface area contributed by atoms with E-state index in [1.54, 1.807) is 14.2 Å². The molecule has 4 radical (unpaired) electrons. The minimum atomic E-state index is 0. The maximum Gasteiger partial charge on any atom is 0.0351 e. The summed E-state index contributed by atoms with van der Waals surface area (Å²) >= 11 is 0. The van der Waals surface area contributed by atoms with E-state index in [9.17, 15) is 0 Å². The molecule has 0 aliphatic heterocycles. The minimum absolute atomic E-state index is 0. The molecule has 0 spiro atoms. The number of hydrogen-bond donors (Lipinski definition) is 0. The standard InChI is InChI=1S/3C4H10.C2H6O.Sn/c3*1-3-4-2;1-3-2;/h3*3-4H2,1-2H3;1-2H3;. The first kappa shape index (κ1) is 30.1. The van der Waals surface area contributed by atoms with Gasteiger partial charge in [0.1, 0.15) is 0 Å². The van der Waals surface area contributed by atoms with Gasteiger partial charge in [0.25, 0.3) is 0 Å². The van der Waals surface area contributed by atoms with Gasteiger partial charge >= 0.3 is 0 Å². The Hall–Kier alpha value is 0.759. The van der Waals surface area contributed by atoms with E-state index in [4.69, 9.17) is 0 Å². The number of unbranched alkanes of at least 4 members (excludes halogenated alkanes) is 3. The topological polar surface area (TPSA) is 9.23 Å². The van der Waals surface area contributed by atoms with Crippen molar-refractivity contribution < 1.29 is 4.74 Å². The Morgan fingerprint density at radius 3 is 0.562 bits per heavy atom. The Morgan fingerprint density at radius 1 is 0.500 bits per heavy atom. The van der Waals surface area contributed by atoms with Crippen LogP contribution in [0.25, 0.3) is 0 Å². The summed E-state index contributed by atoms with van der Waals surface area (Å²) in [7, 11) is 3.25. The van der Waals surface area contributed by atoms with E-state index in [0.717, 1.165) is 0 Å². The van der Waals surface area contributed by atoms with Crippen molar-refractivity contribution in [1.82, 2.24) is 0 Å². The van der Waals surface area contributed by atoms with Crippen LogP contribution in [0.1, 0.15) is 80.1 Å². The summed E-state index contributed by atoms with van der Waals surface area (Å²) in [5.74, 6) is 0. The molecule has 0 aliphatic carbocycles. The van der Waals surface area contributed by atoms with E-state index in [1.165, 1.54) is 38.5 Å². The average Bonchev–Trinajstić information content (AvgIpc) is 2.30. The summed E-state index contributed by atoms with van der Waals surface area (Å²) in [6.45, 7) is 13.1. The van der Waals surface area contributed by atoms with E-state index < -0.39 is 0 Å². The van der Waals surface area contributed by atoms with Crippen molar-refractivity contribution in [1.29, 1.82) is 0 Å². The molecule has 0 aromatic carbocycles. The number of methoxy groups -OCH3 is 1. The molecule has 0 saturated carbocycles. The molecule has 0 amide bonds. The Bertz CT molecular complexity index is 34.5. The van der Waals surface area contributed by atoms with Gasteiger partial charge < -0.3 is 4.74 Å². The quantitative estimate of drug-likeness (QED) is 0.634. The van der Waals surface area contributed by atoms with Crippen LogP contribution in [0.4, 0.5) is 0 Å². The van der Waals surface area contributed by atoms with Crippen LogP contribution in [0.3, 0.4) is 0 Å². The SMILES string of the molecule is CCCC.CCCC.CCCC.COC.[Sn]. The van der Waals surface area contributed by atoms with Gasteiger partial charge in [-0.15, -0.1) is 0 Å².